The van der Waals surface area contributed by atoms with Crippen molar-refractivity contribution in [2.24, 2.45) is 0 Å². The molecule has 0 saturated heterocycles. The Kier molecular flexibility index (Phi) is 5.13. The van der Waals surface area contributed by atoms with E-state index in [1.165, 1.54) is 20.2 Å². The Balaban J connectivity index is 2.40. The van der Waals surface area contributed by atoms with E-state index in [9.17, 15) is 9.59 Å². The van der Waals surface area contributed by atoms with Crippen LogP contribution in [0.3, 0.4) is 0 Å². The number of nitrogens with one attached hydrogen (secondary N) is 2. The lowest BCUT2D eigenvalue weighted by Gasteiger charge is -2.13. The normalized spacial score (nSPS) is 10.1. The van der Waals surface area contributed by atoms with Crippen LogP contribution in [0.4, 0.5) is 5.69 Å². The molecule has 0 spiro atoms. The van der Waals surface area contributed by atoms with Crippen LogP contribution >= 0.6 is 11.6 Å². The van der Waals surface area contributed by atoms with Crippen molar-refractivity contribution in [3.05, 3.63) is 46.2 Å². The highest BCUT2D eigenvalue weighted by atomic mass is 35.5. The van der Waals surface area contributed by atoms with Gasteiger partial charge in [0.25, 0.3) is 11.8 Å². The van der Waals surface area contributed by atoms with Crippen LogP contribution in [0.15, 0.2) is 24.3 Å². The van der Waals surface area contributed by atoms with Crippen molar-refractivity contribution in [2.75, 3.05) is 19.5 Å². The molecule has 0 aliphatic rings. The van der Waals surface area contributed by atoms with E-state index >= 15 is 0 Å². The number of halogens is 1. The van der Waals surface area contributed by atoms with E-state index in [4.69, 9.17) is 16.3 Å². The minimum atomic E-state index is -0.485. The minimum Gasteiger partial charge on any atom is -0.496 e. The molecule has 0 saturated carbocycles. The monoisotopic (exact) mass is 334 g/mol. The fourth-order valence-corrected chi connectivity index (χ4v) is 2.19. The maximum Gasteiger partial charge on any atom is 0.273 e. The highest BCUT2D eigenvalue weighted by Gasteiger charge is 2.19. The average molecular weight is 335 g/mol. The van der Waals surface area contributed by atoms with Gasteiger partial charge in [0.2, 0.25) is 0 Å². The Hall–Kier alpha value is -2.67. The van der Waals surface area contributed by atoms with Crippen molar-refractivity contribution in [1.82, 2.24) is 15.5 Å². The molecule has 0 bridgehead atoms. The number of aromatic nitrogens is 2. The van der Waals surface area contributed by atoms with Gasteiger partial charge in [-0.25, -0.2) is 0 Å². The molecule has 0 unspecified atom stereocenters. The van der Waals surface area contributed by atoms with Gasteiger partial charge in [0.1, 0.15) is 5.75 Å². The third-order valence-corrected chi connectivity index (χ3v) is 3.30. The number of para-hydroxylation sites is 1. The molecule has 0 radical (unpaired) electrons. The summed E-state index contributed by atoms with van der Waals surface area (Å²) in [6.07, 6.45) is 0. The molecule has 8 heteroatoms. The molecule has 1 aromatic heterocycles. The van der Waals surface area contributed by atoms with E-state index in [1.807, 2.05) is 13.0 Å². The summed E-state index contributed by atoms with van der Waals surface area (Å²) in [6, 6.07) is 6.55. The first-order valence-corrected chi connectivity index (χ1v) is 7.06. The van der Waals surface area contributed by atoms with Gasteiger partial charge in [0.05, 0.1) is 18.4 Å². The number of amides is 2. The summed E-state index contributed by atoms with van der Waals surface area (Å²) in [4.78, 5) is 24.3. The molecule has 1 aromatic carbocycles. The second-order valence-electron chi connectivity index (χ2n) is 4.62. The van der Waals surface area contributed by atoms with E-state index < -0.39 is 11.8 Å². The third kappa shape index (κ3) is 3.57. The Morgan fingerprint density at radius 3 is 2.61 bits per heavy atom. The first-order chi connectivity index (χ1) is 11.0. The number of hydrogen-bond acceptors (Lipinski definition) is 5. The molecule has 1 heterocycles. The van der Waals surface area contributed by atoms with Gasteiger partial charge < -0.3 is 15.4 Å². The lowest BCUT2D eigenvalue weighted by molar-refractivity contribution is 0.0958. The zero-order valence-corrected chi connectivity index (χ0v) is 13.6. The van der Waals surface area contributed by atoms with Gasteiger partial charge in [0.15, 0.2) is 10.8 Å². The van der Waals surface area contributed by atoms with Crippen LogP contribution in [0, 0.1) is 6.92 Å². The SMILES string of the molecule is CNC(=O)c1nnc(Cl)cc1NC(=O)c1cccc(C)c1OC. The molecular weight excluding hydrogens is 320 g/mol. The molecule has 23 heavy (non-hydrogen) atoms. The first kappa shape index (κ1) is 16.7. The van der Waals surface area contributed by atoms with Gasteiger partial charge in [-0.1, -0.05) is 23.7 Å². The zero-order valence-electron chi connectivity index (χ0n) is 12.8. The quantitative estimate of drug-likeness (QED) is 0.892. The molecule has 2 aromatic rings. The topological polar surface area (TPSA) is 93.2 Å². The van der Waals surface area contributed by atoms with Crippen LogP contribution in [0.5, 0.6) is 5.75 Å². The number of carbonyl (C=O) groups is 2. The summed E-state index contributed by atoms with van der Waals surface area (Å²) in [7, 11) is 2.94. The van der Waals surface area contributed by atoms with Crippen molar-refractivity contribution in [1.29, 1.82) is 0 Å². The number of aryl methyl sites for hydroxylation is 1. The lowest BCUT2D eigenvalue weighted by atomic mass is 10.1. The number of carbonyl (C=O) groups excluding carboxylic acids is 2. The highest BCUT2D eigenvalue weighted by molar-refractivity contribution is 6.29. The number of methoxy groups -OCH3 is 1. The van der Waals surface area contributed by atoms with E-state index in [2.05, 4.69) is 20.8 Å². The largest absolute Gasteiger partial charge is 0.496 e. The smallest absolute Gasteiger partial charge is 0.273 e. The van der Waals surface area contributed by atoms with Gasteiger partial charge in [-0.3, -0.25) is 9.59 Å². The van der Waals surface area contributed by atoms with Crippen molar-refractivity contribution < 1.29 is 14.3 Å². The van der Waals surface area contributed by atoms with Crippen molar-refractivity contribution in [3.8, 4) is 5.75 Å². The van der Waals surface area contributed by atoms with Gasteiger partial charge in [0, 0.05) is 13.1 Å². The Bertz CT molecular complexity index is 764. The lowest BCUT2D eigenvalue weighted by Crippen LogP contribution is -2.23. The number of nitrogens with zero attached hydrogens (tertiary/aromatic N) is 2. The van der Waals surface area contributed by atoms with Crippen molar-refractivity contribution in [3.63, 3.8) is 0 Å². The molecule has 0 fully saturated rings. The average Bonchev–Trinajstić information content (AvgIpc) is 2.54. The van der Waals surface area contributed by atoms with Crippen LogP contribution in [-0.2, 0) is 0 Å². The maximum absolute atomic E-state index is 12.5. The fourth-order valence-electron chi connectivity index (χ4n) is 2.04. The van der Waals surface area contributed by atoms with Crippen LogP contribution in [0.2, 0.25) is 5.15 Å². The van der Waals surface area contributed by atoms with Crippen molar-refractivity contribution >= 4 is 29.1 Å². The van der Waals surface area contributed by atoms with Gasteiger partial charge in [-0.2, -0.15) is 0 Å². The molecule has 0 aliphatic carbocycles. The van der Waals surface area contributed by atoms with Gasteiger partial charge in [-0.15, -0.1) is 10.2 Å². The standard InChI is InChI=1S/C15H15ClN4O3/c1-8-5-4-6-9(13(8)23-3)14(21)18-10-7-11(16)19-20-12(10)15(22)17-2/h4-7H,1-3H3,(H,17,22)(H,18,19,21). The van der Waals surface area contributed by atoms with E-state index in [-0.39, 0.29) is 16.5 Å². The Labute approximate surface area is 138 Å². The second-order valence-corrected chi connectivity index (χ2v) is 5.01. The molecule has 0 atom stereocenters. The summed E-state index contributed by atoms with van der Waals surface area (Å²) >= 11 is 5.80. The van der Waals surface area contributed by atoms with E-state index in [1.54, 1.807) is 12.1 Å². The van der Waals surface area contributed by atoms with Crippen LogP contribution in [0.1, 0.15) is 26.4 Å². The summed E-state index contributed by atoms with van der Waals surface area (Å²) in [6.45, 7) is 1.83. The number of anilines is 1. The number of hydrogen-bond donors (Lipinski definition) is 2. The van der Waals surface area contributed by atoms with Crippen LogP contribution in [-0.4, -0.2) is 36.2 Å². The summed E-state index contributed by atoms with van der Waals surface area (Å²) < 4.78 is 5.26. The first-order valence-electron chi connectivity index (χ1n) is 6.68. The summed E-state index contributed by atoms with van der Waals surface area (Å²) in [5.74, 6) is -0.472. The second kappa shape index (κ2) is 7.06. The predicted octanol–water partition coefficient (Wildman–Crippen LogP) is 2.06. The van der Waals surface area contributed by atoms with E-state index in [0.29, 0.717) is 11.3 Å². The fraction of sp³-hybridized carbons (Fsp3) is 0.200. The molecule has 2 N–H and O–H groups in total. The molecule has 0 aliphatic heterocycles. The number of rotatable bonds is 4. The number of ether oxygens (including phenoxy) is 1. The molecule has 2 amide bonds. The summed E-state index contributed by atoms with van der Waals surface area (Å²) in [5, 5.41) is 12.4. The minimum absolute atomic E-state index is 0.0307. The number of benzene rings is 1. The highest BCUT2D eigenvalue weighted by Crippen LogP contribution is 2.25. The predicted molar refractivity (Wildman–Crippen MR) is 86.1 cm³/mol. The Morgan fingerprint density at radius 1 is 1.22 bits per heavy atom. The maximum atomic E-state index is 12.5. The molecule has 7 nitrogen and oxygen atoms in total. The third-order valence-electron chi connectivity index (χ3n) is 3.12. The van der Waals surface area contributed by atoms with E-state index in [0.717, 1.165) is 5.56 Å². The Morgan fingerprint density at radius 2 is 1.96 bits per heavy atom. The molecule has 2 rings (SSSR count). The zero-order chi connectivity index (χ0) is 17.0. The van der Waals surface area contributed by atoms with Gasteiger partial charge in [-0.05, 0) is 18.6 Å². The molecule has 120 valence electrons. The molecular formula is C15H15ClN4O3. The van der Waals surface area contributed by atoms with Crippen LogP contribution < -0.4 is 15.4 Å². The van der Waals surface area contributed by atoms with Crippen molar-refractivity contribution in [2.45, 2.75) is 6.92 Å². The van der Waals surface area contributed by atoms with Crippen LogP contribution in [0.25, 0.3) is 0 Å². The van der Waals surface area contributed by atoms with Gasteiger partial charge >= 0.3 is 0 Å². The summed E-state index contributed by atoms with van der Waals surface area (Å²) in [5.41, 5.74) is 1.29.